The first-order valence-electron chi connectivity index (χ1n) is 6.12. The monoisotopic (exact) mass is 264 g/mol. The molecule has 1 aliphatic rings. The van der Waals surface area contributed by atoms with E-state index >= 15 is 0 Å². The summed E-state index contributed by atoms with van der Waals surface area (Å²) in [6.45, 7) is 1.28. The molecule has 1 aromatic carbocycles. The first-order valence-corrected chi connectivity index (χ1v) is 6.12. The third-order valence-electron chi connectivity index (χ3n) is 2.85. The highest BCUT2D eigenvalue weighted by atomic mass is 16.5. The van der Waals surface area contributed by atoms with E-state index < -0.39 is 6.09 Å². The van der Waals surface area contributed by atoms with Crippen molar-refractivity contribution >= 4 is 12.0 Å². The Morgan fingerprint density at radius 1 is 1.37 bits per heavy atom. The fourth-order valence-electron chi connectivity index (χ4n) is 1.90. The van der Waals surface area contributed by atoms with Crippen molar-refractivity contribution < 1.29 is 19.1 Å². The van der Waals surface area contributed by atoms with Crippen molar-refractivity contribution in [3.63, 3.8) is 0 Å². The van der Waals surface area contributed by atoms with E-state index in [1.54, 1.807) is 12.1 Å². The van der Waals surface area contributed by atoms with E-state index in [1.807, 2.05) is 0 Å². The predicted octanol–water partition coefficient (Wildman–Crippen LogP) is 1.05. The minimum absolute atomic E-state index is 0.112. The van der Waals surface area contributed by atoms with E-state index in [2.05, 4.69) is 10.1 Å². The molecule has 1 atom stereocenters. The van der Waals surface area contributed by atoms with Crippen molar-refractivity contribution in [2.24, 2.45) is 5.73 Å². The number of carbonyl (C=O) groups is 2. The molecule has 0 bridgehead atoms. The van der Waals surface area contributed by atoms with Gasteiger partial charge in [0.1, 0.15) is 5.75 Å². The number of benzene rings is 1. The Morgan fingerprint density at radius 2 is 2.11 bits per heavy atom. The Morgan fingerprint density at radius 3 is 2.68 bits per heavy atom. The van der Waals surface area contributed by atoms with Crippen molar-refractivity contribution in [1.82, 2.24) is 5.32 Å². The van der Waals surface area contributed by atoms with Gasteiger partial charge in [-0.1, -0.05) is 0 Å². The molecule has 1 fully saturated rings. The van der Waals surface area contributed by atoms with Gasteiger partial charge >= 0.3 is 6.09 Å². The molecule has 0 aromatic heterocycles. The van der Waals surface area contributed by atoms with Crippen LogP contribution in [0, 0.1) is 0 Å². The Kier molecular flexibility index (Phi) is 4.35. The number of hydrogen-bond donors (Lipinski definition) is 2. The van der Waals surface area contributed by atoms with E-state index in [4.69, 9.17) is 10.5 Å². The average Bonchev–Trinajstić information content (AvgIpc) is 2.89. The van der Waals surface area contributed by atoms with Gasteiger partial charge in [0.25, 0.3) is 5.91 Å². The minimum atomic E-state index is -0.879. The predicted molar refractivity (Wildman–Crippen MR) is 68.0 cm³/mol. The molecule has 102 valence electrons. The number of ether oxygens (including phenoxy) is 2. The molecule has 0 aliphatic carbocycles. The minimum Gasteiger partial charge on any atom is -0.411 e. The molecule has 2 amide bonds. The molecule has 6 heteroatoms. The highest BCUT2D eigenvalue weighted by Crippen LogP contribution is 2.13. The van der Waals surface area contributed by atoms with Gasteiger partial charge in [-0.3, -0.25) is 4.79 Å². The first kappa shape index (κ1) is 13.4. The largest absolute Gasteiger partial charge is 0.411 e. The first-order chi connectivity index (χ1) is 9.15. The lowest BCUT2D eigenvalue weighted by Crippen LogP contribution is -2.31. The van der Waals surface area contributed by atoms with E-state index in [0.717, 1.165) is 19.4 Å². The fourth-order valence-corrected chi connectivity index (χ4v) is 1.90. The van der Waals surface area contributed by atoms with Gasteiger partial charge in [0.2, 0.25) is 0 Å². The molecule has 1 aromatic rings. The topological polar surface area (TPSA) is 90.7 Å². The van der Waals surface area contributed by atoms with Crippen LogP contribution in [0.5, 0.6) is 5.75 Å². The second kappa shape index (κ2) is 6.19. The highest BCUT2D eigenvalue weighted by molar-refractivity contribution is 5.94. The Labute approximate surface area is 110 Å². The summed E-state index contributed by atoms with van der Waals surface area (Å²) in [5.74, 6) is 0.129. The van der Waals surface area contributed by atoms with Crippen LogP contribution in [0.4, 0.5) is 4.79 Å². The Hall–Kier alpha value is -2.08. The summed E-state index contributed by atoms with van der Waals surface area (Å²) in [6.07, 6.45) is 1.25. The standard InChI is InChI=1S/C13H16N2O4/c14-13(17)19-10-5-3-9(4-6-10)12(16)15-8-11-2-1-7-18-11/h3-6,11H,1-2,7-8H2,(H2,14,17)(H,15,16). The molecule has 0 radical (unpaired) electrons. The summed E-state index contributed by atoms with van der Waals surface area (Å²) < 4.78 is 10.1. The SMILES string of the molecule is NC(=O)Oc1ccc(C(=O)NCC2CCCO2)cc1. The molecule has 1 unspecified atom stereocenters. The quantitative estimate of drug-likeness (QED) is 0.850. The van der Waals surface area contributed by atoms with Crippen LogP contribution in [0.3, 0.4) is 0 Å². The summed E-state index contributed by atoms with van der Waals surface area (Å²) in [5, 5.41) is 2.80. The van der Waals surface area contributed by atoms with Crippen molar-refractivity contribution in [2.75, 3.05) is 13.2 Å². The molecule has 0 spiro atoms. The molecular weight excluding hydrogens is 248 g/mol. The third-order valence-corrected chi connectivity index (χ3v) is 2.85. The van der Waals surface area contributed by atoms with Gasteiger partial charge in [-0.2, -0.15) is 0 Å². The van der Waals surface area contributed by atoms with Crippen LogP contribution in [0.25, 0.3) is 0 Å². The van der Waals surface area contributed by atoms with Gasteiger partial charge in [-0.05, 0) is 37.1 Å². The molecule has 3 N–H and O–H groups in total. The lowest BCUT2D eigenvalue weighted by atomic mass is 10.2. The molecule has 1 heterocycles. The van der Waals surface area contributed by atoms with Crippen molar-refractivity contribution in [2.45, 2.75) is 18.9 Å². The van der Waals surface area contributed by atoms with Crippen molar-refractivity contribution in [3.05, 3.63) is 29.8 Å². The van der Waals surface area contributed by atoms with Gasteiger partial charge in [-0.25, -0.2) is 4.79 Å². The zero-order valence-electron chi connectivity index (χ0n) is 10.4. The van der Waals surface area contributed by atoms with Crippen molar-refractivity contribution in [1.29, 1.82) is 0 Å². The van der Waals surface area contributed by atoms with Gasteiger partial charge in [0.05, 0.1) is 6.10 Å². The maximum Gasteiger partial charge on any atom is 0.409 e. The zero-order valence-corrected chi connectivity index (χ0v) is 10.4. The van der Waals surface area contributed by atoms with Gasteiger partial charge in [-0.15, -0.1) is 0 Å². The van der Waals surface area contributed by atoms with Crippen LogP contribution in [-0.4, -0.2) is 31.3 Å². The van der Waals surface area contributed by atoms with E-state index in [1.165, 1.54) is 12.1 Å². The zero-order chi connectivity index (χ0) is 13.7. The summed E-state index contributed by atoms with van der Waals surface area (Å²) in [5.41, 5.74) is 5.38. The van der Waals surface area contributed by atoms with E-state index in [-0.39, 0.29) is 12.0 Å². The Bertz CT molecular complexity index is 452. The maximum atomic E-state index is 11.8. The number of hydrogen-bond acceptors (Lipinski definition) is 4. The van der Waals surface area contributed by atoms with Gasteiger partial charge in [0.15, 0.2) is 0 Å². The van der Waals surface area contributed by atoms with Crippen LogP contribution < -0.4 is 15.8 Å². The maximum absolute atomic E-state index is 11.8. The summed E-state index contributed by atoms with van der Waals surface area (Å²) >= 11 is 0. The second-order valence-corrected chi connectivity index (χ2v) is 4.29. The van der Waals surface area contributed by atoms with Crippen LogP contribution in [0.1, 0.15) is 23.2 Å². The van der Waals surface area contributed by atoms with Crippen LogP contribution in [0.15, 0.2) is 24.3 Å². The molecule has 19 heavy (non-hydrogen) atoms. The third kappa shape index (κ3) is 3.96. The number of carbonyl (C=O) groups excluding carboxylic acids is 2. The van der Waals surface area contributed by atoms with Crippen molar-refractivity contribution in [3.8, 4) is 5.75 Å². The smallest absolute Gasteiger partial charge is 0.409 e. The summed E-state index contributed by atoms with van der Waals surface area (Å²) in [6, 6.07) is 6.18. The van der Waals surface area contributed by atoms with Gasteiger partial charge in [0, 0.05) is 18.7 Å². The number of nitrogens with two attached hydrogens (primary N) is 1. The van der Waals surface area contributed by atoms with Crippen LogP contribution >= 0.6 is 0 Å². The molecule has 0 saturated carbocycles. The lowest BCUT2D eigenvalue weighted by molar-refractivity contribution is 0.0858. The van der Waals surface area contributed by atoms with E-state index in [0.29, 0.717) is 17.9 Å². The van der Waals surface area contributed by atoms with Crippen LogP contribution in [0.2, 0.25) is 0 Å². The van der Waals surface area contributed by atoms with Gasteiger partial charge < -0.3 is 20.5 Å². The molecule has 6 nitrogen and oxygen atoms in total. The lowest BCUT2D eigenvalue weighted by Gasteiger charge is -2.10. The van der Waals surface area contributed by atoms with E-state index in [9.17, 15) is 9.59 Å². The highest BCUT2D eigenvalue weighted by Gasteiger charge is 2.16. The number of nitrogens with one attached hydrogen (secondary N) is 1. The molecule has 1 aliphatic heterocycles. The number of primary amides is 1. The van der Waals surface area contributed by atoms with Crippen LogP contribution in [-0.2, 0) is 4.74 Å². The Balaban J connectivity index is 1.86. The number of rotatable bonds is 4. The summed E-state index contributed by atoms with van der Waals surface area (Å²) in [7, 11) is 0. The molecular formula is C13H16N2O4. The average molecular weight is 264 g/mol. The second-order valence-electron chi connectivity index (χ2n) is 4.29. The molecule has 2 rings (SSSR count). The fraction of sp³-hybridized carbons (Fsp3) is 0.385. The number of amides is 2. The summed E-state index contributed by atoms with van der Waals surface area (Å²) in [4.78, 5) is 22.4. The molecule has 1 saturated heterocycles. The normalized spacial score (nSPS) is 18.0.